The first kappa shape index (κ1) is 16.1. The lowest BCUT2D eigenvalue weighted by Crippen LogP contribution is -2.34. The average Bonchev–Trinajstić information content (AvgIpc) is 2.34. The number of anilines is 2. The smallest absolute Gasteiger partial charge is 0.405 e. The number of methoxy groups -OCH3 is 1. The second-order valence-corrected chi connectivity index (χ2v) is 4.20. The van der Waals surface area contributed by atoms with Crippen LogP contribution in [0.3, 0.4) is 0 Å². The highest BCUT2D eigenvalue weighted by atomic mass is 19.4. The molecule has 1 aromatic carbocycles. The Morgan fingerprint density at radius 1 is 1.40 bits per heavy atom. The van der Waals surface area contributed by atoms with Crippen molar-refractivity contribution >= 4 is 17.3 Å². The topological polar surface area (TPSA) is 41.6 Å². The first-order valence-corrected chi connectivity index (χ1v) is 6.04. The van der Waals surface area contributed by atoms with Crippen molar-refractivity contribution in [2.45, 2.75) is 20.0 Å². The fraction of sp³-hybridized carbons (Fsp3) is 0.462. The third-order valence-electron chi connectivity index (χ3n) is 2.59. The maximum absolute atomic E-state index is 12.6. The van der Waals surface area contributed by atoms with Gasteiger partial charge in [-0.05, 0) is 25.1 Å². The van der Waals surface area contributed by atoms with Crippen LogP contribution in [0.15, 0.2) is 18.2 Å². The van der Waals surface area contributed by atoms with Crippen molar-refractivity contribution in [1.82, 2.24) is 0 Å². The minimum Gasteiger partial charge on any atom is -0.495 e. The molecule has 7 heteroatoms. The van der Waals surface area contributed by atoms with E-state index < -0.39 is 12.7 Å². The van der Waals surface area contributed by atoms with Crippen molar-refractivity contribution in [3.05, 3.63) is 18.2 Å². The molecule has 0 aliphatic rings. The quantitative estimate of drug-likeness (QED) is 0.906. The molecule has 1 rings (SSSR count). The van der Waals surface area contributed by atoms with Gasteiger partial charge in [0.1, 0.15) is 12.3 Å². The van der Waals surface area contributed by atoms with Gasteiger partial charge in [0.15, 0.2) is 0 Å². The zero-order chi connectivity index (χ0) is 15.3. The third kappa shape index (κ3) is 4.64. The highest BCUT2D eigenvalue weighted by Gasteiger charge is 2.31. The fourth-order valence-electron chi connectivity index (χ4n) is 1.80. The minimum atomic E-state index is -4.31. The van der Waals surface area contributed by atoms with E-state index in [9.17, 15) is 18.0 Å². The van der Waals surface area contributed by atoms with Gasteiger partial charge in [0.05, 0.1) is 12.8 Å². The van der Waals surface area contributed by atoms with Crippen LogP contribution in [0.25, 0.3) is 0 Å². The van der Waals surface area contributed by atoms with Crippen molar-refractivity contribution in [1.29, 1.82) is 0 Å². The Balaban J connectivity index is 3.13. The molecule has 0 bridgehead atoms. The normalized spacial score (nSPS) is 11.1. The Morgan fingerprint density at radius 3 is 2.50 bits per heavy atom. The van der Waals surface area contributed by atoms with Crippen LogP contribution in [-0.2, 0) is 4.79 Å². The van der Waals surface area contributed by atoms with Gasteiger partial charge in [0.25, 0.3) is 0 Å². The molecule has 0 aromatic heterocycles. The molecular weight excluding hydrogens is 273 g/mol. The number of ether oxygens (including phenoxy) is 1. The number of hydrogen-bond donors (Lipinski definition) is 1. The predicted molar refractivity (Wildman–Crippen MR) is 71.2 cm³/mol. The summed E-state index contributed by atoms with van der Waals surface area (Å²) in [6.45, 7) is 2.04. The summed E-state index contributed by atoms with van der Waals surface area (Å²) >= 11 is 0. The molecular formula is C13H17F3N2O2. The standard InChI is InChI=1S/C13H17F3N2O2/c1-4-18(8-13(14,15)16)11-7-10(17-9(2)19)5-6-12(11)20-3/h5-7H,4,8H2,1-3H3,(H,17,19). The lowest BCUT2D eigenvalue weighted by atomic mass is 10.2. The summed E-state index contributed by atoms with van der Waals surface area (Å²) in [6, 6.07) is 4.57. The van der Waals surface area contributed by atoms with Gasteiger partial charge in [0, 0.05) is 19.2 Å². The van der Waals surface area contributed by atoms with E-state index in [1.165, 1.54) is 26.2 Å². The van der Waals surface area contributed by atoms with Crippen molar-refractivity contribution in [3.63, 3.8) is 0 Å². The van der Waals surface area contributed by atoms with Crippen LogP contribution in [0.5, 0.6) is 5.75 Å². The lowest BCUT2D eigenvalue weighted by Gasteiger charge is -2.26. The van der Waals surface area contributed by atoms with Crippen LogP contribution in [0.2, 0.25) is 0 Å². The molecule has 0 aliphatic carbocycles. The number of nitrogens with zero attached hydrogens (tertiary/aromatic N) is 1. The van der Waals surface area contributed by atoms with Crippen molar-refractivity contribution in [2.24, 2.45) is 0 Å². The number of benzene rings is 1. The van der Waals surface area contributed by atoms with Crippen molar-refractivity contribution in [3.8, 4) is 5.75 Å². The molecule has 0 radical (unpaired) electrons. The molecule has 1 aromatic rings. The van der Waals surface area contributed by atoms with Gasteiger partial charge in [-0.1, -0.05) is 0 Å². The molecule has 20 heavy (non-hydrogen) atoms. The maximum Gasteiger partial charge on any atom is 0.405 e. The number of nitrogens with one attached hydrogen (secondary N) is 1. The van der Waals surface area contributed by atoms with Gasteiger partial charge >= 0.3 is 6.18 Å². The number of rotatable bonds is 5. The summed E-state index contributed by atoms with van der Waals surface area (Å²) in [5, 5.41) is 2.54. The molecule has 0 saturated heterocycles. The summed E-state index contributed by atoms with van der Waals surface area (Å²) in [5.74, 6) is 0.0326. The number of halogens is 3. The molecule has 0 atom stereocenters. The molecule has 112 valence electrons. The van der Waals surface area contributed by atoms with E-state index >= 15 is 0 Å². The zero-order valence-corrected chi connectivity index (χ0v) is 11.5. The molecule has 1 N–H and O–H groups in total. The van der Waals surface area contributed by atoms with Crippen LogP contribution < -0.4 is 15.0 Å². The summed E-state index contributed by atoms with van der Waals surface area (Å²) in [6.07, 6.45) is -4.31. The number of carbonyl (C=O) groups is 1. The highest BCUT2D eigenvalue weighted by molar-refractivity contribution is 5.89. The zero-order valence-electron chi connectivity index (χ0n) is 11.5. The Kier molecular flexibility index (Phi) is 5.24. The summed E-state index contributed by atoms with van der Waals surface area (Å²) < 4.78 is 42.8. The molecule has 0 spiro atoms. The molecule has 1 amide bonds. The molecule has 0 unspecified atom stereocenters. The van der Waals surface area contributed by atoms with Crippen molar-refractivity contribution in [2.75, 3.05) is 30.4 Å². The first-order chi connectivity index (χ1) is 9.26. The van der Waals surface area contributed by atoms with Gasteiger partial charge < -0.3 is 15.0 Å². The maximum atomic E-state index is 12.6. The predicted octanol–water partition coefficient (Wildman–Crippen LogP) is 3.04. The third-order valence-corrected chi connectivity index (χ3v) is 2.59. The molecule has 0 fully saturated rings. The van der Waals surface area contributed by atoms with E-state index in [4.69, 9.17) is 4.74 Å². The average molecular weight is 290 g/mol. The van der Waals surface area contributed by atoms with Gasteiger partial charge in [0.2, 0.25) is 5.91 Å². The van der Waals surface area contributed by atoms with Crippen LogP contribution in [0.1, 0.15) is 13.8 Å². The van der Waals surface area contributed by atoms with E-state index in [0.29, 0.717) is 17.1 Å². The largest absolute Gasteiger partial charge is 0.495 e. The second kappa shape index (κ2) is 6.49. The van der Waals surface area contributed by atoms with Gasteiger partial charge in [-0.25, -0.2) is 0 Å². The summed E-state index contributed by atoms with van der Waals surface area (Å²) in [5.41, 5.74) is 0.715. The fourth-order valence-corrected chi connectivity index (χ4v) is 1.80. The van der Waals surface area contributed by atoms with E-state index in [1.54, 1.807) is 13.0 Å². The number of hydrogen-bond acceptors (Lipinski definition) is 3. The number of amides is 1. The van der Waals surface area contributed by atoms with E-state index in [2.05, 4.69) is 5.32 Å². The Labute approximate surface area is 115 Å². The van der Waals surface area contributed by atoms with Gasteiger partial charge in [-0.15, -0.1) is 0 Å². The Hall–Kier alpha value is -1.92. The number of alkyl halides is 3. The van der Waals surface area contributed by atoms with Gasteiger partial charge in [-0.2, -0.15) is 13.2 Å². The van der Waals surface area contributed by atoms with E-state index in [-0.39, 0.29) is 12.5 Å². The van der Waals surface area contributed by atoms with Crippen LogP contribution in [0.4, 0.5) is 24.5 Å². The SMILES string of the molecule is CCN(CC(F)(F)F)c1cc(NC(C)=O)ccc1OC. The summed E-state index contributed by atoms with van der Waals surface area (Å²) in [4.78, 5) is 12.2. The molecule has 0 heterocycles. The molecule has 0 aliphatic heterocycles. The van der Waals surface area contributed by atoms with Crippen LogP contribution >= 0.6 is 0 Å². The Morgan fingerprint density at radius 2 is 2.05 bits per heavy atom. The Bertz CT molecular complexity index is 475. The minimum absolute atomic E-state index is 0.166. The summed E-state index contributed by atoms with van der Waals surface area (Å²) in [7, 11) is 1.39. The van der Waals surface area contributed by atoms with Crippen LogP contribution in [0, 0.1) is 0 Å². The van der Waals surface area contributed by atoms with Crippen LogP contribution in [-0.4, -0.2) is 32.3 Å². The molecule has 0 saturated carbocycles. The lowest BCUT2D eigenvalue weighted by molar-refractivity contribution is -0.119. The van der Waals surface area contributed by atoms with E-state index in [1.807, 2.05) is 0 Å². The van der Waals surface area contributed by atoms with Gasteiger partial charge in [-0.3, -0.25) is 4.79 Å². The number of carbonyl (C=O) groups excluding carboxylic acids is 1. The monoisotopic (exact) mass is 290 g/mol. The second-order valence-electron chi connectivity index (χ2n) is 4.20. The first-order valence-electron chi connectivity index (χ1n) is 6.04. The molecule has 4 nitrogen and oxygen atoms in total. The highest BCUT2D eigenvalue weighted by Crippen LogP contribution is 2.33. The van der Waals surface area contributed by atoms with Crippen molar-refractivity contribution < 1.29 is 22.7 Å². The van der Waals surface area contributed by atoms with E-state index in [0.717, 1.165) is 4.90 Å².